The molecule has 1 heterocycles. The molecule has 3 heteroatoms. The van der Waals surface area contributed by atoms with Crippen LogP contribution in [0.15, 0.2) is 0 Å². The molecule has 1 spiro atoms. The minimum absolute atomic E-state index is 0.271. The monoisotopic (exact) mass is 156 g/mol. The number of morpholine rings is 1. The predicted molar refractivity (Wildman–Crippen MR) is 43.4 cm³/mol. The maximum Gasteiger partial charge on any atom is 0.0811 e. The molecule has 1 aliphatic heterocycles. The van der Waals surface area contributed by atoms with E-state index in [0.717, 1.165) is 32.8 Å². The van der Waals surface area contributed by atoms with E-state index in [4.69, 9.17) is 10.5 Å². The van der Waals surface area contributed by atoms with Gasteiger partial charge in [0.15, 0.2) is 0 Å². The van der Waals surface area contributed by atoms with Crippen LogP contribution < -0.4 is 5.73 Å². The van der Waals surface area contributed by atoms with Crippen LogP contribution in [0, 0.1) is 0 Å². The number of nitrogens with zero attached hydrogens (tertiary/aromatic N) is 1. The summed E-state index contributed by atoms with van der Waals surface area (Å²) in [5.74, 6) is 0. The Morgan fingerprint density at radius 2 is 2.27 bits per heavy atom. The van der Waals surface area contributed by atoms with E-state index in [0.29, 0.717) is 0 Å². The molecule has 2 N–H and O–H groups in total. The van der Waals surface area contributed by atoms with E-state index in [2.05, 4.69) is 4.90 Å². The predicted octanol–water partition coefficient (Wildman–Crippen LogP) is -0.190. The fourth-order valence-corrected chi connectivity index (χ4v) is 1.74. The van der Waals surface area contributed by atoms with Gasteiger partial charge < -0.3 is 10.5 Å². The third-order valence-electron chi connectivity index (χ3n) is 2.58. The zero-order chi connectivity index (χ0) is 7.73. The van der Waals surface area contributed by atoms with E-state index in [1.807, 2.05) is 0 Å². The van der Waals surface area contributed by atoms with E-state index in [9.17, 15) is 0 Å². The van der Waals surface area contributed by atoms with Crippen molar-refractivity contribution in [3.63, 3.8) is 0 Å². The molecule has 2 aliphatic rings. The maximum absolute atomic E-state index is 5.67. The highest BCUT2D eigenvalue weighted by Crippen LogP contribution is 2.41. The van der Waals surface area contributed by atoms with Crippen LogP contribution in [0.5, 0.6) is 0 Å². The fraction of sp³-hybridized carbons (Fsp3) is 1.00. The molecule has 64 valence electrons. The molecule has 0 aromatic carbocycles. The quantitative estimate of drug-likeness (QED) is 0.602. The Balaban J connectivity index is 1.83. The van der Waals surface area contributed by atoms with Crippen molar-refractivity contribution in [2.24, 2.45) is 5.73 Å². The van der Waals surface area contributed by atoms with E-state index in [-0.39, 0.29) is 5.60 Å². The molecule has 0 radical (unpaired) electrons. The Bertz CT molecular complexity index is 143. The van der Waals surface area contributed by atoms with Crippen molar-refractivity contribution in [2.45, 2.75) is 18.4 Å². The lowest BCUT2D eigenvalue weighted by Gasteiger charge is -2.32. The molecular formula is C8H16N2O. The Labute approximate surface area is 67.5 Å². The highest BCUT2D eigenvalue weighted by atomic mass is 16.5. The van der Waals surface area contributed by atoms with Crippen LogP contribution in [0.1, 0.15) is 12.8 Å². The number of hydrogen-bond donors (Lipinski definition) is 1. The molecular weight excluding hydrogens is 140 g/mol. The first-order chi connectivity index (χ1) is 5.35. The first-order valence-corrected chi connectivity index (χ1v) is 4.41. The van der Waals surface area contributed by atoms with Crippen LogP contribution >= 0.6 is 0 Å². The first-order valence-electron chi connectivity index (χ1n) is 4.41. The topological polar surface area (TPSA) is 38.5 Å². The third kappa shape index (κ3) is 1.55. The molecule has 0 atom stereocenters. The van der Waals surface area contributed by atoms with Gasteiger partial charge in [0.2, 0.25) is 0 Å². The first kappa shape index (κ1) is 7.53. The van der Waals surface area contributed by atoms with Crippen LogP contribution in [-0.4, -0.2) is 43.3 Å². The minimum Gasteiger partial charge on any atom is -0.372 e. The zero-order valence-corrected chi connectivity index (χ0v) is 6.88. The summed E-state index contributed by atoms with van der Waals surface area (Å²) in [6.45, 7) is 4.89. The number of rotatable bonds is 2. The average Bonchev–Trinajstić information content (AvgIpc) is 2.70. The van der Waals surface area contributed by atoms with E-state index in [1.165, 1.54) is 12.8 Å². The summed E-state index contributed by atoms with van der Waals surface area (Å²) >= 11 is 0. The number of hydrogen-bond acceptors (Lipinski definition) is 3. The molecule has 0 unspecified atom stereocenters. The highest BCUT2D eigenvalue weighted by Gasteiger charge is 2.46. The van der Waals surface area contributed by atoms with Gasteiger partial charge in [0.25, 0.3) is 0 Å². The van der Waals surface area contributed by atoms with Gasteiger partial charge in [-0.25, -0.2) is 0 Å². The molecule has 1 saturated carbocycles. The van der Waals surface area contributed by atoms with Crippen LogP contribution in [-0.2, 0) is 4.74 Å². The molecule has 0 amide bonds. The van der Waals surface area contributed by atoms with Crippen LogP contribution in [0.25, 0.3) is 0 Å². The zero-order valence-electron chi connectivity index (χ0n) is 6.88. The Morgan fingerprint density at radius 3 is 2.91 bits per heavy atom. The number of nitrogens with two attached hydrogens (primary N) is 1. The van der Waals surface area contributed by atoms with Gasteiger partial charge in [0.1, 0.15) is 0 Å². The summed E-state index contributed by atoms with van der Waals surface area (Å²) in [4.78, 5) is 2.41. The largest absolute Gasteiger partial charge is 0.372 e. The van der Waals surface area contributed by atoms with Crippen molar-refractivity contribution in [2.75, 3.05) is 32.8 Å². The molecule has 0 aromatic heterocycles. The fourth-order valence-electron chi connectivity index (χ4n) is 1.74. The summed E-state index contributed by atoms with van der Waals surface area (Å²) in [6, 6.07) is 0. The normalized spacial score (nSPS) is 29.2. The standard InChI is InChI=1S/C8H16N2O/c9-3-4-10-5-6-11-8(7-10)1-2-8/h1-7,9H2. The molecule has 0 bridgehead atoms. The highest BCUT2D eigenvalue weighted by molar-refractivity contribution is 5.00. The SMILES string of the molecule is NCCN1CCOC2(CC2)C1. The van der Waals surface area contributed by atoms with Crippen LogP contribution in [0.2, 0.25) is 0 Å². The van der Waals surface area contributed by atoms with Gasteiger partial charge in [0, 0.05) is 26.2 Å². The average molecular weight is 156 g/mol. The van der Waals surface area contributed by atoms with E-state index < -0.39 is 0 Å². The van der Waals surface area contributed by atoms with Crippen LogP contribution in [0.3, 0.4) is 0 Å². The number of ether oxygens (including phenoxy) is 1. The van der Waals surface area contributed by atoms with Gasteiger partial charge in [0.05, 0.1) is 12.2 Å². The summed E-state index contributed by atoms with van der Waals surface area (Å²) < 4.78 is 5.67. The van der Waals surface area contributed by atoms with Gasteiger partial charge in [-0.3, -0.25) is 4.90 Å². The smallest absolute Gasteiger partial charge is 0.0811 e. The molecule has 3 nitrogen and oxygen atoms in total. The molecule has 2 fully saturated rings. The van der Waals surface area contributed by atoms with Gasteiger partial charge in [-0.05, 0) is 12.8 Å². The van der Waals surface area contributed by atoms with Crippen molar-refractivity contribution in [1.82, 2.24) is 4.90 Å². The van der Waals surface area contributed by atoms with Gasteiger partial charge in [-0.2, -0.15) is 0 Å². The second-order valence-corrected chi connectivity index (χ2v) is 3.60. The maximum atomic E-state index is 5.67. The van der Waals surface area contributed by atoms with Crippen molar-refractivity contribution >= 4 is 0 Å². The van der Waals surface area contributed by atoms with E-state index in [1.54, 1.807) is 0 Å². The lowest BCUT2D eigenvalue weighted by atomic mass is 10.2. The second-order valence-electron chi connectivity index (χ2n) is 3.60. The third-order valence-corrected chi connectivity index (χ3v) is 2.58. The Hall–Kier alpha value is -0.120. The van der Waals surface area contributed by atoms with Crippen molar-refractivity contribution < 1.29 is 4.74 Å². The van der Waals surface area contributed by atoms with Gasteiger partial charge >= 0.3 is 0 Å². The molecule has 1 saturated heterocycles. The van der Waals surface area contributed by atoms with Gasteiger partial charge in [-0.15, -0.1) is 0 Å². The lowest BCUT2D eigenvalue weighted by Crippen LogP contribution is -2.45. The van der Waals surface area contributed by atoms with Gasteiger partial charge in [-0.1, -0.05) is 0 Å². The summed E-state index contributed by atoms with van der Waals surface area (Å²) in [5.41, 5.74) is 5.76. The van der Waals surface area contributed by atoms with Crippen molar-refractivity contribution in [3.8, 4) is 0 Å². The summed E-state index contributed by atoms with van der Waals surface area (Å²) in [5, 5.41) is 0. The second kappa shape index (κ2) is 2.73. The summed E-state index contributed by atoms with van der Waals surface area (Å²) in [6.07, 6.45) is 2.52. The molecule has 1 aliphatic carbocycles. The van der Waals surface area contributed by atoms with Crippen LogP contribution in [0.4, 0.5) is 0 Å². The Morgan fingerprint density at radius 1 is 1.45 bits per heavy atom. The van der Waals surface area contributed by atoms with E-state index >= 15 is 0 Å². The Kier molecular flexibility index (Phi) is 1.87. The molecule has 2 rings (SSSR count). The molecule has 0 aromatic rings. The van der Waals surface area contributed by atoms with Crippen molar-refractivity contribution in [1.29, 1.82) is 0 Å². The molecule has 11 heavy (non-hydrogen) atoms. The minimum atomic E-state index is 0.271. The summed E-state index contributed by atoms with van der Waals surface area (Å²) in [7, 11) is 0. The lowest BCUT2D eigenvalue weighted by molar-refractivity contribution is -0.0448. The van der Waals surface area contributed by atoms with Crippen molar-refractivity contribution in [3.05, 3.63) is 0 Å².